The van der Waals surface area contributed by atoms with Crippen molar-refractivity contribution in [1.29, 1.82) is 0 Å². The molecule has 1 aliphatic rings. The predicted octanol–water partition coefficient (Wildman–Crippen LogP) is 3.15. The number of benzene rings is 1. The molecule has 0 radical (unpaired) electrons. The second-order valence-corrected chi connectivity index (χ2v) is 6.70. The Labute approximate surface area is 152 Å². The average molecular weight is 356 g/mol. The van der Waals surface area contributed by atoms with Gasteiger partial charge in [-0.25, -0.2) is 0 Å². The summed E-state index contributed by atoms with van der Waals surface area (Å²) in [5, 5.41) is 12.8. The Morgan fingerprint density at radius 1 is 1.08 bits per heavy atom. The number of anilines is 1. The molecule has 2 N–H and O–H groups in total. The van der Waals surface area contributed by atoms with Gasteiger partial charge >= 0.3 is 11.8 Å². The zero-order valence-corrected chi connectivity index (χ0v) is 14.7. The smallest absolute Gasteiger partial charge is 0.313 e. The van der Waals surface area contributed by atoms with Gasteiger partial charge in [-0.3, -0.25) is 9.59 Å². The normalized spacial score (nSPS) is 15.7. The largest absolute Gasteiger partial charge is 0.423 e. The summed E-state index contributed by atoms with van der Waals surface area (Å²) in [6.45, 7) is 0.564. The van der Waals surface area contributed by atoms with E-state index in [-0.39, 0.29) is 0 Å². The maximum Gasteiger partial charge on any atom is 0.313 e. The van der Waals surface area contributed by atoms with Gasteiger partial charge in [0.15, 0.2) is 0 Å². The molecule has 1 aromatic heterocycles. The van der Waals surface area contributed by atoms with Crippen molar-refractivity contribution in [1.82, 2.24) is 15.5 Å². The zero-order valence-electron chi connectivity index (χ0n) is 14.7. The van der Waals surface area contributed by atoms with Gasteiger partial charge in [0, 0.05) is 17.8 Å². The molecule has 0 atom stereocenters. The van der Waals surface area contributed by atoms with E-state index >= 15 is 0 Å². The van der Waals surface area contributed by atoms with Crippen LogP contribution in [0, 0.1) is 5.92 Å². The van der Waals surface area contributed by atoms with Crippen molar-refractivity contribution < 1.29 is 14.0 Å². The van der Waals surface area contributed by atoms with E-state index in [4.69, 9.17) is 4.42 Å². The van der Waals surface area contributed by atoms with Crippen molar-refractivity contribution in [2.45, 2.75) is 44.9 Å². The molecule has 7 heteroatoms. The first kappa shape index (κ1) is 18.1. The number of carbonyl (C=O) groups is 2. The highest BCUT2D eigenvalue weighted by molar-refractivity contribution is 6.39. The molecule has 26 heavy (non-hydrogen) atoms. The van der Waals surface area contributed by atoms with Crippen molar-refractivity contribution >= 4 is 17.5 Å². The summed E-state index contributed by atoms with van der Waals surface area (Å²) in [6.07, 6.45) is 9.73. The fourth-order valence-electron chi connectivity index (χ4n) is 3.28. The Morgan fingerprint density at radius 3 is 2.58 bits per heavy atom. The second-order valence-electron chi connectivity index (χ2n) is 6.70. The molecular weight excluding hydrogens is 332 g/mol. The Hall–Kier alpha value is -2.70. The van der Waals surface area contributed by atoms with Gasteiger partial charge in [-0.05, 0) is 37.0 Å². The number of nitrogens with zero attached hydrogens (tertiary/aromatic N) is 2. The standard InChI is InChI=1S/C19H24N4O3/c24-17(20-12-14-7-4-2-1-3-5-8-14)18(25)22-16-10-6-9-15(11-16)19-23-21-13-26-19/h6,9-11,13-14H,1-5,7-8,12H2,(H,20,24)(H,22,25). The molecule has 2 amide bonds. The lowest BCUT2D eigenvalue weighted by Gasteiger charge is -2.19. The quantitative estimate of drug-likeness (QED) is 0.820. The number of carbonyl (C=O) groups excluding carboxylic acids is 2. The van der Waals surface area contributed by atoms with Crippen LogP contribution < -0.4 is 10.6 Å². The third-order valence-electron chi connectivity index (χ3n) is 4.71. The Kier molecular flexibility index (Phi) is 6.35. The number of aromatic nitrogens is 2. The topological polar surface area (TPSA) is 97.1 Å². The highest BCUT2D eigenvalue weighted by Crippen LogP contribution is 2.22. The predicted molar refractivity (Wildman–Crippen MR) is 97.2 cm³/mol. The number of rotatable bonds is 4. The molecule has 1 heterocycles. The van der Waals surface area contributed by atoms with E-state index in [2.05, 4.69) is 20.8 Å². The molecule has 3 rings (SSSR count). The maximum atomic E-state index is 12.1. The minimum atomic E-state index is -0.668. The molecule has 1 saturated carbocycles. The Morgan fingerprint density at radius 2 is 1.85 bits per heavy atom. The van der Waals surface area contributed by atoms with Crippen LogP contribution in [0.5, 0.6) is 0 Å². The van der Waals surface area contributed by atoms with Crippen LogP contribution in [0.2, 0.25) is 0 Å². The van der Waals surface area contributed by atoms with Crippen molar-refractivity contribution in [2.24, 2.45) is 5.92 Å². The minimum Gasteiger partial charge on any atom is -0.423 e. The lowest BCUT2D eigenvalue weighted by atomic mass is 9.91. The molecular formula is C19H24N4O3. The summed E-state index contributed by atoms with van der Waals surface area (Å²) in [6, 6.07) is 6.94. The zero-order chi connectivity index (χ0) is 18.2. The van der Waals surface area contributed by atoms with Gasteiger partial charge in [0.1, 0.15) is 0 Å². The van der Waals surface area contributed by atoms with Gasteiger partial charge in [0.05, 0.1) is 0 Å². The van der Waals surface area contributed by atoms with Gasteiger partial charge in [-0.2, -0.15) is 0 Å². The third kappa shape index (κ3) is 5.15. The summed E-state index contributed by atoms with van der Waals surface area (Å²) < 4.78 is 5.14. The monoisotopic (exact) mass is 356 g/mol. The van der Waals surface area contributed by atoms with Crippen LogP contribution in [0.25, 0.3) is 11.5 Å². The van der Waals surface area contributed by atoms with E-state index in [1.807, 2.05) is 0 Å². The fraction of sp³-hybridized carbons (Fsp3) is 0.474. The van der Waals surface area contributed by atoms with Crippen LogP contribution in [-0.4, -0.2) is 28.6 Å². The van der Waals surface area contributed by atoms with Crippen molar-refractivity contribution in [3.63, 3.8) is 0 Å². The lowest BCUT2D eigenvalue weighted by molar-refractivity contribution is -0.136. The van der Waals surface area contributed by atoms with E-state index in [0.29, 0.717) is 29.6 Å². The van der Waals surface area contributed by atoms with E-state index in [1.165, 1.54) is 38.5 Å². The Bertz CT molecular complexity index is 722. The van der Waals surface area contributed by atoms with Crippen LogP contribution in [0.15, 0.2) is 35.1 Å². The van der Waals surface area contributed by atoms with E-state index in [0.717, 1.165) is 12.8 Å². The van der Waals surface area contributed by atoms with Gasteiger partial charge in [0.25, 0.3) is 0 Å². The Balaban J connectivity index is 1.51. The lowest BCUT2D eigenvalue weighted by Crippen LogP contribution is -2.38. The van der Waals surface area contributed by atoms with Crippen LogP contribution >= 0.6 is 0 Å². The van der Waals surface area contributed by atoms with E-state index < -0.39 is 11.8 Å². The average Bonchev–Trinajstić information content (AvgIpc) is 3.15. The molecule has 1 aromatic carbocycles. The molecule has 0 spiro atoms. The molecule has 0 saturated heterocycles. The summed E-state index contributed by atoms with van der Waals surface area (Å²) in [7, 11) is 0. The van der Waals surface area contributed by atoms with Gasteiger partial charge in [-0.15, -0.1) is 10.2 Å². The third-order valence-corrected chi connectivity index (χ3v) is 4.71. The summed E-state index contributed by atoms with van der Waals surface area (Å²) in [4.78, 5) is 24.2. The van der Waals surface area contributed by atoms with Gasteiger partial charge in [-0.1, -0.05) is 38.2 Å². The SMILES string of the molecule is O=C(NCC1CCCCCCC1)C(=O)Nc1cccc(-c2nnco2)c1. The van der Waals surface area contributed by atoms with Crippen molar-refractivity contribution in [3.8, 4) is 11.5 Å². The number of hydrogen-bond acceptors (Lipinski definition) is 5. The molecule has 0 aliphatic heterocycles. The van der Waals surface area contributed by atoms with E-state index in [9.17, 15) is 9.59 Å². The minimum absolute atomic E-state index is 0.356. The first-order chi connectivity index (χ1) is 12.7. The molecule has 7 nitrogen and oxygen atoms in total. The van der Waals surface area contributed by atoms with Crippen LogP contribution in [0.4, 0.5) is 5.69 Å². The van der Waals surface area contributed by atoms with Crippen LogP contribution in [0.1, 0.15) is 44.9 Å². The molecule has 1 aliphatic carbocycles. The highest BCUT2D eigenvalue weighted by Gasteiger charge is 2.17. The number of amides is 2. The molecule has 0 unspecified atom stereocenters. The first-order valence-corrected chi connectivity index (χ1v) is 9.18. The number of hydrogen-bond donors (Lipinski definition) is 2. The summed E-state index contributed by atoms with van der Waals surface area (Å²) >= 11 is 0. The molecule has 2 aromatic rings. The summed E-state index contributed by atoms with van der Waals surface area (Å²) in [5.41, 5.74) is 1.18. The van der Waals surface area contributed by atoms with Crippen molar-refractivity contribution in [2.75, 3.05) is 11.9 Å². The molecule has 1 fully saturated rings. The number of nitrogens with one attached hydrogen (secondary N) is 2. The molecule has 138 valence electrons. The van der Waals surface area contributed by atoms with Crippen LogP contribution in [0.3, 0.4) is 0 Å². The van der Waals surface area contributed by atoms with Crippen molar-refractivity contribution in [3.05, 3.63) is 30.7 Å². The second kappa shape index (κ2) is 9.12. The van der Waals surface area contributed by atoms with E-state index in [1.54, 1.807) is 24.3 Å². The fourth-order valence-corrected chi connectivity index (χ4v) is 3.28. The summed E-state index contributed by atoms with van der Waals surface area (Å²) in [5.74, 6) is -0.448. The van der Waals surface area contributed by atoms with Gasteiger partial charge in [0.2, 0.25) is 12.3 Å². The maximum absolute atomic E-state index is 12.1. The first-order valence-electron chi connectivity index (χ1n) is 9.18. The van der Waals surface area contributed by atoms with Crippen LogP contribution in [-0.2, 0) is 9.59 Å². The van der Waals surface area contributed by atoms with Gasteiger partial charge < -0.3 is 15.1 Å². The highest BCUT2D eigenvalue weighted by atomic mass is 16.4. The molecule has 0 bridgehead atoms.